The van der Waals surface area contributed by atoms with E-state index in [1.54, 1.807) is 0 Å². The number of hydrogen-bond donors (Lipinski definition) is 2. The summed E-state index contributed by atoms with van der Waals surface area (Å²) in [6.07, 6.45) is 0. The van der Waals surface area contributed by atoms with Crippen LogP contribution in [-0.4, -0.2) is 67.2 Å². The lowest BCUT2D eigenvalue weighted by Gasteiger charge is -2.35. The SMILES string of the molecule is Cc1ccc(C(CN2CCNCC2)N(C)CC(=O)O)cc1. The third-order valence-corrected chi connectivity index (χ3v) is 4.02. The first kappa shape index (κ1) is 15.9. The van der Waals surface area contributed by atoms with Crippen LogP contribution in [0, 0.1) is 6.92 Å². The normalized spacial score (nSPS) is 17.9. The zero-order valence-electron chi connectivity index (χ0n) is 12.9. The monoisotopic (exact) mass is 291 g/mol. The summed E-state index contributed by atoms with van der Waals surface area (Å²) < 4.78 is 0. The van der Waals surface area contributed by atoms with Crippen LogP contribution in [0.3, 0.4) is 0 Å². The molecule has 1 aromatic carbocycles. The van der Waals surface area contributed by atoms with Crippen molar-refractivity contribution in [1.82, 2.24) is 15.1 Å². The van der Waals surface area contributed by atoms with Gasteiger partial charge in [0.15, 0.2) is 0 Å². The van der Waals surface area contributed by atoms with Gasteiger partial charge in [-0.3, -0.25) is 14.6 Å². The van der Waals surface area contributed by atoms with E-state index >= 15 is 0 Å². The number of benzene rings is 1. The number of aryl methyl sites for hydroxylation is 1. The fourth-order valence-corrected chi connectivity index (χ4v) is 2.75. The van der Waals surface area contributed by atoms with Crippen molar-refractivity contribution < 1.29 is 9.90 Å². The van der Waals surface area contributed by atoms with E-state index in [9.17, 15) is 4.79 Å². The van der Waals surface area contributed by atoms with Gasteiger partial charge in [-0.2, -0.15) is 0 Å². The summed E-state index contributed by atoms with van der Waals surface area (Å²) in [4.78, 5) is 15.4. The third-order valence-electron chi connectivity index (χ3n) is 4.02. The molecular weight excluding hydrogens is 266 g/mol. The second-order valence-electron chi connectivity index (χ2n) is 5.79. The average Bonchev–Trinajstić information content (AvgIpc) is 2.46. The molecule has 5 nitrogen and oxygen atoms in total. The molecular formula is C16H25N3O2. The Hall–Kier alpha value is -1.43. The quantitative estimate of drug-likeness (QED) is 0.817. The number of carboxylic acid groups (broad SMARTS) is 1. The first-order valence-corrected chi connectivity index (χ1v) is 7.48. The van der Waals surface area contributed by atoms with Crippen molar-refractivity contribution in [2.45, 2.75) is 13.0 Å². The molecule has 0 spiro atoms. The number of nitrogens with one attached hydrogen (secondary N) is 1. The summed E-state index contributed by atoms with van der Waals surface area (Å²) in [6, 6.07) is 8.52. The number of nitrogens with zero attached hydrogens (tertiary/aromatic N) is 2. The Bertz CT molecular complexity index is 455. The summed E-state index contributed by atoms with van der Waals surface area (Å²) in [7, 11) is 1.89. The van der Waals surface area contributed by atoms with Crippen LogP contribution in [0.1, 0.15) is 17.2 Å². The van der Waals surface area contributed by atoms with Crippen molar-refractivity contribution in [1.29, 1.82) is 0 Å². The maximum atomic E-state index is 11.0. The molecule has 1 aliphatic rings. The van der Waals surface area contributed by atoms with Crippen molar-refractivity contribution in [3.05, 3.63) is 35.4 Å². The zero-order chi connectivity index (χ0) is 15.2. The Morgan fingerprint density at radius 1 is 1.33 bits per heavy atom. The van der Waals surface area contributed by atoms with E-state index in [1.807, 2.05) is 11.9 Å². The van der Waals surface area contributed by atoms with Crippen LogP contribution in [0.2, 0.25) is 0 Å². The molecule has 2 rings (SSSR count). The van der Waals surface area contributed by atoms with Crippen LogP contribution in [0.25, 0.3) is 0 Å². The van der Waals surface area contributed by atoms with Crippen LogP contribution in [0.5, 0.6) is 0 Å². The van der Waals surface area contributed by atoms with Gasteiger partial charge < -0.3 is 10.4 Å². The van der Waals surface area contributed by atoms with Crippen molar-refractivity contribution in [3.8, 4) is 0 Å². The predicted molar refractivity (Wildman–Crippen MR) is 83.5 cm³/mol. The van der Waals surface area contributed by atoms with Crippen molar-refractivity contribution in [2.24, 2.45) is 0 Å². The second-order valence-corrected chi connectivity index (χ2v) is 5.79. The smallest absolute Gasteiger partial charge is 0.317 e. The lowest BCUT2D eigenvalue weighted by molar-refractivity contribution is -0.138. The van der Waals surface area contributed by atoms with E-state index in [4.69, 9.17) is 5.11 Å². The highest BCUT2D eigenvalue weighted by Gasteiger charge is 2.22. The lowest BCUT2D eigenvalue weighted by atomic mass is 10.0. The largest absolute Gasteiger partial charge is 0.480 e. The van der Waals surface area contributed by atoms with Crippen LogP contribution >= 0.6 is 0 Å². The molecule has 0 amide bonds. The highest BCUT2D eigenvalue weighted by Crippen LogP contribution is 2.21. The van der Waals surface area contributed by atoms with Gasteiger partial charge in [-0.1, -0.05) is 29.8 Å². The van der Waals surface area contributed by atoms with Gasteiger partial charge in [-0.15, -0.1) is 0 Å². The summed E-state index contributed by atoms with van der Waals surface area (Å²) >= 11 is 0. The van der Waals surface area contributed by atoms with E-state index in [-0.39, 0.29) is 12.6 Å². The molecule has 1 atom stereocenters. The van der Waals surface area contributed by atoms with Gasteiger partial charge in [0.05, 0.1) is 6.54 Å². The van der Waals surface area contributed by atoms with Gasteiger partial charge in [0.25, 0.3) is 0 Å². The molecule has 2 N–H and O–H groups in total. The Labute approximate surface area is 126 Å². The van der Waals surface area contributed by atoms with E-state index in [2.05, 4.69) is 41.4 Å². The molecule has 1 aromatic rings. The standard InChI is InChI=1S/C16H25N3O2/c1-13-3-5-14(6-4-13)15(18(2)12-16(20)21)11-19-9-7-17-8-10-19/h3-6,15,17H,7-12H2,1-2H3,(H,20,21). The van der Waals surface area contributed by atoms with Gasteiger partial charge in [-0.25, -0.2) is 0 Å². The minimum atomic E-state index is -0.782. The topological polar surface area (TPSA) is 55.8 Å². The average molecular weight is 291 g/mol. The first-order valence-electron chi connectivity index (χ1n) is 7.48. The minimum Gasteiger partial charge on any atom is -0.480 e. The Morgan fingerprint density at radius 2 is 1.95 bits per heavy atom. The molecule has 0 aliphatic carbocycles. The second kappa shape index (κ2) is 7.54. The Balaban J connectivity index is 2.12. The molecule has 1 heterocycles. The third kappa shape index (κ3) is 4.81. The van der Waals surface area contributed by atoms with Crippen LogP contribution < -0.4 is 5.32 Å². The molecule has 1 unspecified atom stereocenters. The highest BCUT2D eigenvalue weighted by molar-refractivity contribution is 5.69. The molecule has 0 aromatic heterocycles. The lowest BCUT2D eigenvalue weighted by Crippen LogP contribution is -2.47. The van der Waals surface area contributed by atoms with Gasteiger partial charge in [0, 0.05) is 38.8 Å². The number of piperazine rings is 1. The summed E-state index contributed by atoms with van der Waals surface area (Å²) in [5.41, 5.74) is 2.41. The molecule has 21 heavy (non-hydrogen) atoms. The summed E-state index contributed by atoms with van der Waals surface area (Å²) in [6.45, 7) is 7.04. The molecule has 116 valence electrons. The van der Waals surface area contributed by atoms with E-state index in [0.29, 0.717) is 0 Å². The molecule has 1 fully saturated rings. The van der Waals surface area contributed by atoms with Crippen molar-refractivity contribution in [2.75, 3.05) is 46.3 Å². The first-order chi connectivity index (χ1) is 10.1. The Morgan fingerprint density at radius 3 is 2.52 bits per heavy atom. The number of carbonyl (C=O) groups is 1. The van der Waals surface area contributed by atoms with E-state index in [1.165, 1.54) is 11.1 Å². The van der Waals surface area contributed by atoms with Gasteiger partial charge in [0.2, 0.25) is 0 Å². The number of likely N-dealkylation sites (N-methyl/N-ethyl adjacent to an activating group) is 1. The summed E-state index contributed by atoms with van der Waals surface area (Å²) in [5, 5.41) is 12.4. The number of carboxylic acids is 1. The highest BCUT2D eigenvalue weighted by atomic mass is 16.4. The van der Waals surface area contributed by atoms with Crippen molar-refractivity contribution >= 4 is 5.97 Å². The minimum absolute atomic E-state index is 0.0602. The van der Waals surface area contributed by atoms with Crippen LogP contribution in [-0.2, 0) is 4.79 Å². The van der Waals surface area contributed by atoms with Gasteiger partial charge in [0.1, 0.15) is 0 Å². The van der Waals surface area contributed by atoms with Crippen molar-refractivity contribution in [3.63, 3.8) is 0 Å². The maximum Gasteiger partial charge on any atom is 0.317 e. The maximum absolute atomic E-state index is 11.0. The van der Waals surface area contributed by atoms with E-state index < -0.39 is 5.97 Å². The number of aliphatic carboxylic acids is 1. The van der Waals surface area contributed by atoms with Gasteiger partial charge >= 0.3 is 5.97 Å². The number of hydrogen-bond acceptors (Lipinski definition) is 4. The predicted octanol–water partition coefficient (Wildman–Crippen LogP) is 0.958. The molecule has 5 heteroatoms. The van der Waals surface area contributed by atoms with Gasteiger partial charge in [-0.05, 0) is 19.5 Å². The molecule has 1 saturated heterocycles. The fourth-order valence-electron chi connectivity index (χ4n) is 2.75. The molecule has 1 aliphatic heterocycles. The molecule has 0 saturated carbocycles. The number of rotatable bonds is 6. The van der Waals surface area contributed by atoms with Crippen LogP contribution in [0.15, 0.2) is 24.3 Å². The van der Waals surface area contributed by atoms with Crippen LogP contribution in [0.4, 0.5) is 0 Å². The fraction of sp³-hybridized carbons (Fsp3) is 0.562. The molecule has 0 bridgehead atoms. The zero-order valence-corrected chi connectivity index (χ0v) is 12.9. The van der Waals surface area contributed by atoms with E-state index in [0.717, 1.165) is 32.7 Å². The Kier molecular flexibility index (Phi) is 5.73. The summed E-state index contributed by atoms with van der Waals surface area (Å²) in [5.74, 6) is -0.782. The molecule has 0 radical (unpaired) electrons.